The van der Waals surface area contributed by atoms with Crippen LogP contribution in [-0.2, 0) is 30.7 Å². The van der Waals surface area contributed by atoms with Crippen LogP contribution in [0.25, 0.3) is 0 Å². The van der Waals surface area contributed by atoms with Gasteiger partial charge in [-0.15, -0.1) is 0 Å². The Kier molecular flexibility index (Phi) is 19.7. The van der Waals surface area contributed by atoms with E-state index in [4.69, 9.17) is 25.2 Å². The van der Waals surface area contributed by atoms with Gasteiger partial charge in [-0.2, -0.15) is 9.57 Å². The third kappa shape index (κ3) is 16.5. The van der Waals surface area contributed by atoms with Crippen molar-refractivity contribution in [1.29, 1.82) is 5.26 Å². The number of carbonyl (C=O) groups is 1. The van der Waals surface area contributed by atoms with Crippen molar-refractivity contribution in [2.75, 3.05) is 45.2 Å². The molecule has 2 aliphatic rings. The number of carbonyl (C=O) groups excluding carboxylic acids is 1. The predicted octanol–water partition coefficient (Wildman–Crippen LogP) is 7.48. The molecular formula is C44H71N5O7S. The summed E-state index contributed by atoms with van der Waals surface area (Å²) in [6.45, 7) is 14.7. The SMILES string of the molecule is CC(C)CCCC(C)(C)CCCN.CNc1cccc(S(=O)(=O)N(CC(O)[C@H](Cc2ccccc2)NC(=O)OC2COC3OCCC23)CC(C)(C)CCCC#N)c1. The molecule has 0 bridgehead atoms. The molecule has 0 radical (unpaired) electrons. The smallest absolute Gasteiger partial charge is 0.407 e. The van der Waals surface area contributed by atoms with E-state index in [1.807, 2.05) is 44.2 Å². The fraction of sp³-hybridized carbons (Fsp3) is 0.682. The van der Waals surface area contributed by atoms with Crippen LogP contribution in [0, 0.1) is 34.0 Å². The van der Waals surface area contributed by atoms with Crippen molar-refractivity contribution in [1.82, 2.24) is 9.62 Å². The molecule has 4 unspecified atom stereocenters. The Morgan fingerprint density at radius 1 is 1.04 bits per heavy atom. The maximum absolute atomic E-state index is 14.1. The first-order valence-electron chi connectivity index (χ1n) is 20.8. The lowest BCUT2D eigenvalue weighted by atomic mass is 9.82. The van der Waals surface area contributed by atoms with Gasteiger partial charge in [0.05, 0.1) is 42.2 Å². The molecule has 2 aromatic carbocycles. The molecule has 2 aliphatic heterocycles. The Morgan fingerprint density at radius 2 is 1.74 bits per heavy atom. The summed E-state index contributed by atoms with van der Waals surface area (Å²) >= 11 is 0. The number of sulfonamides is 1. The number of hydrogen-bond acceptors (Lipinski definition) is 10. The number of unbranched alkanes of at least 4 members (excludes halogenated alkanes) is 1. The number of benzene rings is 2. The molecule has 5 N–H and O–H groups in total. The van der Waals surface area contributed by atoms with Gasteiger partial charge in [0.15, 0.2) is 6.29 Å². The molecule has 13 heteroatoms. The number of alkyl carbamates (subject to hydrolysis) is 1. The maximum atomic E-state index is 14.1. The summed E-state index contributed by atoms with van der Waals surface area (Å²) in [4.78, 5) is 13.2. The number of hydrogen-bond donors (Lipinski definition) is 4. The fourth-order valence-corrected chi connectivity index (χ4v) is 9.16. The topological polar surface area (TPSA) is 176 Å². The number of nitrogens with one attached hydrogen (secondary N) is 2. The number of fused-ring (bicyclic) bond motifs is 1. The fourth-order valence-electron chi connectivity index (χ4n) is 7.46. The Hall–Kier alpha value is -3.25. The lowest BCUT2D eigenvalue weighted by molar-refractivity contribution is -0.0907. The summed E-state index contributed by atoms with van der Waals surface area (Å²) in [7, 11) is -2.35. The van der Waals surface area contributed by atoms with Crippen LogP contribution in [0.3, 0.4) is 0 Å². The zero-order valence-electron chi connectivity index (χ0n) is 35.5. The standard InChI is InChI=1S/C32H44N4O7S.C12H27N/c1-32(2,15-7-8-16-33)22-36(44(39,40)25-13-9-12-24(19-25)34-3)20-28(37)27(18-23-10-5-4-6-11-23)35-31(38)43-29-21-42-30-26(29)14-17-41-30;1-11(2)7-5-8-12(3,4)9-6-10-13/h4-6,9-13,19,26-30,34,37H,7-8,14-15,17-18,20-22H2,1-3H3,(H,35,38);11H,5-10,13H2,1-4H3/t26?,27-,28?,29?,30?;/m0./s1. The number of nitrogens with zero attached hydrogens (tertiary/aromatic N) is 2. The number of aliphatic hydroxyl groups is 1. The zero-order valence-corrected chi connectivity index (χ0v) is 36.4. The largest absolute Gasteiger partial charge is 0.443 e. The van der Waals surface area contributed by atoms with E-state index in [0.717, 1.165) is 24.4 Å². The van der Waals surface area contributed by atoms with E-state index >= 15 is 0 Å². The van der Waals surface area contributed by atoms with Crippen molar-refractivity contribution in [3.05, 3.63) is 60.2 Å². The summed E-state index contributed by atoms with van der Waals surface area (Å²) in [5.74, 6) is 0.806. The van der Waals surface area contributed by atoms with E-state index in [9.17, 15) is 18.3 Å². The summed E-state index contributed by atoms with van der Waals surface area (Å²) in [6, 6.07) is 17.2. The summed E-state index contributed by atoms with van der Waals surface area (Å²) in [6.07, 6.45) is 6.30. The second-order valence-electron chi connectivity index (χ2n) is 17.6. The first kappa shape index (κ1) is 48.1. The molecule has 2 aromatic rings. The Labute approximate surface area is 343 Å². The van der Waals surface area contributed by atoms with E-state index in [-0.39, 0.29) is 43.2 Å². The van der Waals surface area contributed by atoms with Crippen LogP contribution >= 0.6 is 0 Å². The van der Waals surface area contributed by atoms with E-state index in [1.54, 1.807) is 25.2 Å². The van der Waals surface area contributed by atoms with Gasteiger partial charge in [0, 0.05) is 32.2 Å². The monoisotopic (exact) mass is 814 g/mol. The molecule has 0 aromatic heterocycles. The van der Waals surface area contributed by atoms with Gasteiger partial charge in [-0.05, 0) is 92.0 Å². The molecule has 0 spiro atoms. The van der Waals surface area contributed by atoms with E-state index in [2.05, 4.69) is 44.4 Å². The van der Waals surface area contributed by atoms with Crippen molar-refractivity contribution in [2.24, 2.45) is 28.4 Å². The lowest BCUT2D eigenvalue weighted by Gasteiger charge is -2.35. The predicted molar refractivity (Wildman–Crippen MR) is 226 cm³/mol. The van der Waals surface area contributed by atoms with Crippen LogP contribution in [0.2, 0.25) is 0 Å². The molecule has 320 valence electrons. The van der Waals surface area contributed by atoms with Gasteiger partial charge in [-0.1, -0.05) is 90.8 Å². The van der Waals surface area contributed by atoms with Gasteiger partial charge in [-0.25, -0.2) is 13.2 Å². The lowest BCUT2D eigenvalue weighted by Crippen LogP contribution is -2.52. The first-order valence-corrected chi connectivity index (χ1v) is 22.2. The highest BCUT2D eigenvalue weighted by atomic mass is 32.2. The number of amides is 1. The van der Waals surface area contributed by atoms with Gasteiger partial charge in [0.1, 0.15) is 6.10 Å². The highest BCUT2D eigenvalue weighted by Gasteiger charge is 2.44. The first-order chi connectivity index (χ1) is 27.0. The molecule has 5 atom stereocenters. The molecule has 12 nitrogen and oxygen atoms in total. The number of anilines is 1. The quantitative estimate of drug-likeness (QED) is 0.0873. The van der Waals surface area contributed by atoms with Gasteiger partial charge in [0.2, 0.25) is 10.0 Å². The van der Waals surface area contributed by atoms with Crippen LogP contribution in [0.15, 0.2) is 59.5 Å². The normalized spacial score (nSPS) is 19.3. The average Bonchev–Trinajstić information content (AvgIpc) is 3.79. The highest BCUT2D eigenvalue weighted by molar-refractivity contribution is 7.89. The second kappa shape index (κ2) is 23.4. The molecule has 0 saturated carbocycles. The van der Waals surface area contributed by atoms with Gasteiger partial charge >= 0.3 is 6.09 Å². The Morgan fingerprint density at radius 3 is 2.40 bits per heavy atom. The van der Waals surface area contributed by atoms with Gasteiger partial charge in [-0.3, -0.25) is 0 Å². The molecular weight excluding hydrogens is 743 g/mol. The number of nitriles is 1. The van der Waals surface area contributed by atoms with E-state index in [0.29, 0.717) is 37.0 Å². The van der Waals surface area contributed by atoms with Crippen molar-refractivity contribution in [3.63, 3.8) is 0 Å². The minimum Gasteiger partial charge on any atom is -0.443 e. The van der Waals surface area contributed by atoms with Crippen LogP contribution < -0.4 is 16.4 Å². The third-order valence-corrected chi connectivity index (χ3v) is 12.7. The molecule has 2 heterocycles. The van der Waals surface area contributed by atoms with Gasteiger partial charge in [0.25, 0.3) is 0 Å². The van der Waals surface area contributed by atoms with E-state index < -0.39 is 39.8 Å². The third-order valence-electron chi connectivity index (χ3n) is 10.9. The Bertz CT molecular complexity index is 1630. The number of ether oxygens (including phenoxy) is 3. The van der Waals surface area contributed by atoms with Crippen LogP contribution in [0.4, 0.5) is 10.5 Å². The minimum atomic E-state index is -4.06. The van der Waals surface area contributed by atoms with Crippen molar-refractivity contribution in [3.8, 4) is 6.07 Å². The molecule has 57 heavy (non-hydrogen) atoms. The van der Waals surface area contributed by atoms with Crippen LogP contribution in [-0.4, -0.2) is 88.4 Å². The highest BCUT2D eigenvalue weighted by Crippen LogP contribution is 2.34. The van der Waals surface area contributed by atoms with Crippen LogP contribution in [0.1, 0.15) is 105 Å². The van der Waals surface area contributed by atoms with Crippen molar-refractivity contribution >= 4 is 21.8 Å². The average molecular weight is 814 g/mol. The minimum absolute atomic E-state index is 0.0458. The van der Waals surface area contributed by atoms with Crippen LogP contribution in [0.5, 0.6) is 0 Å². The molecule has 0 aliphatic carbocycles. The molecule has 2 fully saturated rings. The summed E-state index contributed by atoms with van der Waals surface area (Å²) in [5.41, 5.74) is 7.02. The molecule has 4 rings (SSSR count). The number of nitrogens with two attached hydrogens (primary N) is 1. The van der Waals surface area contributed by atoms with Crippen molar-refractivity contribution in [2.45, 2.75) is 135 Å². The Balaban J connectivity index is 0.000000573. The summed E-state index contributed by atoms with van der Waals surface area (Å²) in [5, 5.41) is 26.5. The zero-order chi connectivity index (χ0) is 42.1. The molecule has 2 saturated heterocycles. The summed E-state index contributed by atoms with van der Waals surface area (Å²) < 4.78 is 46.3. The van der Waals surface area contributed by atoms with E-state index in [1.165, 1.54) is 42.5 Å². The molecule has 1 amide bonds. The van der Waals surface area contributed by atoms with Crippen molar-refractivity contribution < 1.29 is 32.5 Å². The van der Waals surface area contributed by atoms with Gasteiger partial charge < -0.3 is 35.7 Å². The number of rotatable bonds is 22. The maximum Gasteiger partial charge on any atom is 0.407 e. The number of aliphatic hydroxyl groups excluding tert-OH is 1. The second-order valence-corrected chi connectivity index (χ2v) is 19.5.